The van der Waals surface area contributed by atoms with Crippen molar-refractivity contribution < 1.29 is 0 Å². The van der Waals surface area contributed by atoms with Gasteiger partial charge in [0, 0.05) is 6.04 Å². The minimum Gasteiger partial charge on any atom is -0.296 e. The van der Waals surface area contributed by atoms with Gasteiger partial charge in [-0.2, -0.15) is 0 Å². The highest BCUT2D eigenvalue weighted by atomic mass is 15.2. The quantitative estimate of drug-likeness (QED) is 0.692. The first-order valence-corrected chi connectivity index (χ1v) is 6.77. The van der Waals surface area contributed by atoms with Crippen molar-refractivity contribution in [3.63, 3.8) is 0 Å². The predicted octanol–water partition coefficient (Wildman–Crippen LogP) is 3.55. The van der Waals surface area contributed by atoms with Crippen molar-refractivity contribution in [3.05, 3.63) is 35.4 Å². The molecule has 1 aromatic rings. The third-order valence-electron chi connectivity index (χ3n) is 4.17. The molecule has 1 saturated heterocycles. The van der Waals surface area contributed by atoms with Crippen LogP contribution in [0.3, 0.4) is 0 Å². The third kappa shape index (κ3) is 1.89. The Hall–Kier alpha value is -0.820. The minimum absolute atomic E-state index is 0.727. The van der Waals surface area contributed by atoms with Gasteiger partial charge >= 0.3 is 0 Å². The lowest BCUT2D eigenvalue weighted by Gasteiger charge is -2.38. The van der Waals surface area contributed by atoms with E-state index in [2.05, 4.69) is 29.2 Å². The molecule has 0 aromatic heterocycles. The molecule has 0 bridgehead atoms. The maximum absolute atomic E-state index is 2.72. The molecule has 16 heavy (non-hydrogen) atoms. The Kier molecular flexibility index (Phi) is 2.96. The summed E-state index contributed by atoms with van der Waals surface area (Å²) in [6.45, 7) is 2.64. The molecule has 0 radical (unpaired) electrons. The van der Waals surface area contributed by atoms with E-state index in [0.29, 0.717) is 0 Å². The summed E-state index contributed by atoms with van der Waals surface area (Å²) in [4.78, 5) is 2.72. The lowest BCUT2D eigenvalue weighted by atomic mass is 9.86. The highest BCUT2D eigenvalue weighted by Crippen LogP contribution is 2.35. The van der Waals surface area contributed by atoms with Crippen molar-refractivity contribution in [1.82, 2.24) is 4.90 Å². The van der Waals surface area contributed by atoms with Gasteiger partial charge in [-0.15, -0.1) is 0 Å². The van der Waals surface area contributed by atoms with Crippen LogP contribution >= 0.6 is 0 Å². The van der Waals surface area contributed by atoms with Crippen LogP contribution in [0.4, 0.5) is 0 Å². The molecule has 0 spiro atoms. The molecule has 0 N–H and O–H groups in total. The van der Waals surface area contributed by atoms with Gasteiger partial charge in [0.1, 0.15) is 0 Å². The maximum atomic E-state index is 2.72. The smallest absolute Gasteiger partial charge is 0.0350 e. The van der Waals surface area contributed by atoms with Gasteiger partial charge in [-0.05, 0) is 56.3 Å². The summed E-state index contributed by atoms with van der Waals surface area (Å²) < 4.78 is 0. The highest BCUT2D eigenvalue weighted by Gasteiger charge is 2.26. The molecule has 2 aliphatic rings. The van der Waals surface area contributed by atoms with E-state index in [0.717, 1.165) is 6.04 Å². The normalized spacial score (nSPS) is 26.4. The van der Waals surface area contributed by atoms with Crippen LogP contribution in [0.15, 0.2) is 24.3 Å². The molecule has 1 aromatic carbocycles. The van der Waals surface area contributed by atoms with E-state index in [1.807, 2.05) is 0 Å². The van der Waals surface area contributed by atoms with E-state index >= 15 is 0 Å². The Morgan fingerprint density at radius 3 is 2.62 bits per heavy atom. The van der Waals surface area contributed by atoms with Crippen molar-refractivity contribution in [2.24, 2.45) is 0 Å². The predicted molar refractivity (Wildman–Crippen MR) is 67.5 cm³/mol. The summed E-state index contributed by atoms with van der Waals surface area (Å²) in [7, 11) is 0. The zero-order valence-electron chi connectivity index (χ0n) is 9.99. The number of hydrogen-bond donors (Lipinski definition) is 0. The molecule has 1 atom stereocenters. The lowest BCUT2D eigenvalue weighted by molar-refractivity contribution is 0.148. The van der Waals surface area contributed by atoms with Crippen molar-refractivity contribution in [2.45, 2.75) is 44.6 Å². The van der Waals surface area contributed by atoms with Crippen LogP contribution in [-0.2, 0) is 6.42 Å². The average Bonchev–Trinajstić information content (AvgIpc) is 2.39. The van der Waals surface area contributed by atoms with Crippen molar-refractivity contribution in [2.75, 3.05) is 13.1 Å². The van der Waals surface area contributed by atoms with Crippen LogP contribution in [0.5, 0.6) is 0 Å². The zero-order valence-corrected chi connectivity index (χ0v) is 9.99. The topological polar surface area (TPSA) is 3.24 Å². The molecular formula is C15H21N. The molecule has 1 aliphatic heterocycles. The van der Waals surface area contributed by atoms with E-state index in [9.17, 15) is 0 Å². The number of likely N-dealkylation sites (tertiary alicyclic amines) is 1. The molecule has 1 aliphatic carbocycles. The van der Waals surface area contributed by atoms with Crippen LogP contribution in [0.1, 0.15) is 49.3 Å². The van der Waals surface area contributed by atoms with E-state index in [-0.39, 0.29) is 0 Å². The molecule has 1 heteroatoms. The van der Waals surface area contributed by atoms with Gasteiger partial charge in [-0.25, -0.2) is 0 Å². The summed E-state index contributed by atoms with van der Waals surface area (Å²) in [6.07, 6.45) is 8.28. The Morgan fingerprint density at radius 2 is 1.75 bits per heavy atom. The Morgan fingerprint density at radius 1 is 0.938 bits per heavy atom. The summed E-state index contributed by atoms with van der Waals surface area (Å²) in [6, 6.07) is 9.81. The molecule has 1 fully saturated rings. The molecule has 1 heterocycles. The Balaban J connectivity index is 1.86. The van der Waals surface area contributed by atoms with E-state index in [1.165, 1.54) is 51.6 Å². The van der Waals surface area contributed by atoms with E-state index in [4.69, 9.17) is 0 Å². The average molecular weight is 215 g/mol. The van der Waals surface area contributed by atoms with E-state index in [1.54, 1.807) is 11.1 Å². The zero-order chi connectivity index (χ0) is 10.8. The number of nitrogens with zero attached hydrogens (tertiary/aromatic N) is 1. The number of aryl methyl sites for hydroxylation is 1. The fraction of sp³-hybridized carbons (Fsp3) is 0.600. The number of fused-ring (bicyclic) bond motifs is 1. The van der Waals surface area contributed by atoms with E-state index < -0.39 is 0 Å². The largest absolute Gasteiger partial charge is 0.296 e. The second-order valence-corrected chi connectivity index (χ2v) is 5.20. The Labute approximate surface area is 98.5 Å². The Bertz CT molecular complexity index is 352. The van der Waals surface area contributed by atoms with Crippen LogP contribution in [-0.4, -0.2) is 18.0 Å². The van der Waals surface area contributed by atoms with Crippen molar-refractivity contribution in [3.8, 4) is 0 Å². The highest BCUT2D eigenvalue weighted by molar-refractivity contribution is 5.32. The molecule has 3 rings (SSSR count). The number of benzene rings is 1. The fourth-order valence-electron chi connectivity index (χ4n) is 3.34. The molecule has 0 saturated carbocycles. The fourth-order valence-corrected chi connectivity index (χ4v) is 3.34. The SMILES string of the molecule is c1ccc2c(c1)CCCC2N1CCCCC1. The molecule has 1 nitrogen and oxygen atoms in total. The monoisotopic (exact) mass is 215 g/mol. The summed E-state index contributed by atoms with van der Waals surface area (Å²) in [5, 5.41) is 0. The number of rotatable bonds is 1. The summed E-state index contributed by atoms with van der Waals surface area (Å²) >= 11 is 0. The third-order valence-corrected chi connectivity index (χ3v) is 4.17. The molecule has 0 amide bonds. The standard InChI is InChI=1S/C15H21N/c1-4-11-16(12-5-1)15-10-6-8-13-7-2-3-9-14(13)15/h2-3,7,9,15H,1,4-6,8,10-12H2. The van der Waals surface area contributed by atoms with Gasteiger partial charge in [0.2, 0.25) is 0 Å². The first-order chi connectivity index (χ1) is 7.95. The summed E-state index contributed by atoms with van der Waals surface area (Å²) in [5.41, 5.74) is 3.22. The minimum atomic E-state index is 0.727. The molecule has 1 unspecified atom stereocenters. The molecule has 86 valence electrons. The van der Waals surface area contributed by atoms with Gasteiger partial charge in [0.05, 0.1) is 0 Å². The maximum Gasteiger partial charge on any atom is 0.0350 e. The summed E-state index contributed by atoms with van der Waals surface area (Å²) in [5.74, 6) is 0. The van der Waals surface area contributed by atoms with Gasteiger partial charge in [0.25, 0.3) is 0 Å². The first-order valence-electron chi connectivity index (χ1n) is 6.77. The van der Waals surface area contributed by atoms with Crippen LogP contribution in [0.2, 0.25) is 0 Å². The van der Waals surface area contributed by atoms with Gasteiger partial charge in [0.15, 0.2) is 0 Å². The van der Waals surface area contributed by atoms with Gasteiger partial charge < -0.3 is 0 Å². The second kappa shape index (κ2) is 4.58. The van der Waals surface area contributed by atoms with Gasteiger partial charge in [-0.3, -0.25) is 4.90 Å². The number of hydrogen-bond acceptors (Lipinski definition) is 1. The van der Waals surface area contributed by atoms with Crippen LogP contribution in [0, 0.1) is 0 Å². The van der Waals surface area contributed by atoms with Crippen LogP contribution < -0.4 is 0 Å². The molecular weight excluding hydrogens is 194 g/mol. The lowest BCUT2D eigenvalue weighted by Crippen LogP contribution is -2.35. The number of piperidine rings is 1. The van der Waals surface area contributed by atoms with Crippen molar-refractivity contribution in [1.29, 1.82) is 0 Å². The van der Waals surface area contributed by atoms with Crippen LogP contribution in [0.25, 0.3) is 0 Å². The van der Waals surface area contributed by atoms with Crippen molar-refractivity contribution >= 4 is 0 Å². The van der Waals surface area contributed by atoms with Gasteiger partial charge in [-0.1, -0.05) is 30.7 Å². The second-order valence-electron chi connectivity index (χ2n) is 5.20. The first kappa shape index (κ1) is 10.3.